The van der Waals surface area contributed by atoms with E-state index in [9.17, 15) is 0 Å². The molecule has 4 nitrogen and oxygen atoms in total. The molecule has 0 unspecified atom stereocenters. The van der Waals surface area contributed by atoms with Gasteiger partial charge in [0.1, 0.15) is 22.3 Å². The number of nitrogens with zero attached hydrogens (tertiary/aromatic N) is 2. The van der Waals surface area contributed by atoms with E-state index in [1.165, 1.54) is 86.2 Å². The molecule has 6 heteroatoms. The minimum atomic E-state index is -3.14. The van der Waals surface area contributed by atoms with Crippen LogP contribution in [-0.2, 0) is 10.8 Å². The molecule has 4 heterocycles. The van der Waals surface area contributed by atoms with E-state index >= 15 is 0 Å². The van der Waals surface area contributed by atoms with Crippen molar-refractivity contribution < 1.29 is 8.83 Å². The van der Waals surface area contributed by atoms with Crippen LogP contribution in [-0.4, -0.2) is 16.1 Å². The summed E-state index contributed by atoms with van der Waals surface area (Å²) < 4.78 is 13.7. The number of fused-ring (bicyclic) bond motifs is 10. The number of hydrogen-bond acceptors (Lipinski definition) is 4. The lowest BCUT2D eigenvalue weighted by Gasteiger charge is -2.46. The molecule has 0 radical (unpaired) electrons. The fraction of sp³-hybridized carbons (Fsp3) is 0.0400. The highest BCUT2D eigenvalue weighted by Gasteiger charge is 2.48. The topological polar surface area (TPSA) is 32.8 Å². The first-order chi connectivity index (χ1) is 52.3. The number of anilines is 6. The van der Waals surface area contributed by atoms with E-state index in [2.05, 4.69) is 424 Å². The quantitative estimate of drug-likeness (QED) is 0.0851. The highest BCUT2D eigenvalue weighted by atomic mass is 28.3. The van der Waals surface area contributed by atoms with Gasteiger partial charge in [-0.2, -0.15) is 0 Å². The van der Waals surface area contributed by atoms with Gasteiger partial charge in [-0.3, -0.25) is 0 Å². The van der Waals surface area contributed by atoms with E-state index in [0.29, 0.717) is 0 Å². The fourth-order valence-electron chi connectivity index (χ4n) is 18.5. The molecular weight excluding hydrogens is 1320 g/mol. The van der Waals surface area contributed by atoms with E-state index in [1.807, 2.05) is 0 Å². The molecule has 0 bridgehead atoms. The predicted octanol–water partition coefficient (Wildman–Crippen LogP) is 20.2. The van der Waals surface area contributed by atoms with Crippen LogP contribution in [0.5, 0.6) is 0 Å². The lowest BCUT2D eigenvalue weighted by Crippen LogP contribution is -2.74. The van der Waals surface area contributed by atoms with E-state index in [4.69, 9.17) is 8.83 Å². The van der Waals surface area contributed by atoms with E-state index in [1.54, 1.807) is 0 Å². The molecule has 502 valence electrons. The van der Waals surface area contributed by atoms with Crippen LogP contribution in [0.15, 0.2) is 409 Å². The lowest BCUT2D eigenvalue weighted by molar-refractivity contribution is 0.632. The van der Waals surface area contributed by atoms with Crippen LogP contribution in [0, 0.1) is 0 Å². The molecule has 0 aliphatic carbocycles. The number of hydrogen-bond donors (Lipinski definition) is 0. The summed E-state index contributed by atoms with van der Waals surface area (Å²) in [5.41, 5.74) is 19.0. The van der Waals surface area contributed by atoms with Crippen molar-refractivity contribution in [2.45, 2.75) is 24.7 Å². The van der Waals surface area contributed by atoms with Crippen LogP contribution in [0.3, 0.4) is 0 Å². The van der Waals surface area contributed by atoms with Crippen molar-refractivity contribution in [3.05, 3.63) is 434 Å². The average Bonchev–Trinajstić information content (AvgIpc) is 0.749. The second kappa shape index (κ2) is 25.0. The molecule has 16 aromatic carbocycles. The van der Waals surface area contributed by atoms with Gasteiger partial charge in [-0.25, -0.2) is 0 Å². The SMILES string of the molecule is CC1(C)c2ccccc2N(c2ccc3oc4ccc([Si](c5ccccc5)(c5ccccc5)c5cccc(-c6ccc(C7(c8ccccc8)c8ccccc8N(c8ccc9oc%10ccc([Si](c%11ccccc%11)(c%11ccccc%11)c%11ccccc%11)cc%10c9c8)c8ccccc87)cc6)c5)cc4c3c2)c2ccccc21. The highest BCUT2D eigenvalue weighted by molar-refractivity contribution is 7.20. The van der Waals surface area contributed by atoms with Crippen LogP contribution in [0.25, 0.3) is 55.0 Å². The number of furan rings is 2. The molecule has 0 amide bonds. The second-order valence-electron chi connectivity index (χ2n) is 29.0. The third-order valence-electron chi connectivity index (χ3n) is 23.2. The predicted molar refractivity (Wildman–Crippen MR) is 447 cm³/mol. The molecule has 0 fully saturated rings. The Hall–Kier alpha value is -12.8. The molecule has 18 aromatic rings. The maximum Gasteiger partial charge on any atom is 0.179 e. The Bertz CT molecular complexity index is 6140. The van der Waals surface area contributed by atoms with Crippen LogP contribution >= 0.6 is 0 Å². The van der Waals surface area contributed by atoms with Crippen molar-refractivity contribution in [1.29, 1.82) is 0 Å². The third kappa shape index (κ3) is 9.51. The summed E-state index contributed by atoms with van der Waals surface area (Å²) >= 11 is 0. The molecular formula is C100H72N2O2Si2. The van der Waals surface area contributed by atoms with Gasteiger partial charge >= 0.3 is 0 Å². The minimum absolute atomic E-state index is 0.171. The molecule has 2 aromatic heterocycles. The Morgan fingerprint density at radius 1 is 0.226 bits per heavy atom. The molecule has 106 heavy (non-hydrogen) atoms. The molecule has 2 aliphatic heterocycles. The van der Waals surface area contributed by atoms with E-state index in [-0.39, 0.29) is 5.41 Å². The molecule has 0 spiro atoms. The summed E-state index contributed by atoms with van der Waals surface area (Å²) in [5, 5.41) is 14.8. The Morgan fingerprint density at radius 2 is 0.528 bits per heavy atom. The van der Waals surface area contributed by atoms with Crippen molar-refractivity contribution in [3.8, 4) is 11.1 Å². The Morgan fingerprint density at radius 3 is 0.934 bits per heavy atom. The van der Waals surface area contributed by atoms with Gasteiger partial charge < -0.3 is 18.6 Å². The van der Waals surface area contributed by atoms with Crippen molar-refractivity contribution in [1.82, 2.24) is 0 Å². The zero-order valence-corrected chi connectivity index (χ0v) is 60.8. The zero-order chi connectivity index (χ0) is 70.6. The van der Waals surface area contributed by atoms with Gasteiger partial charge in [0, 0.05) is 38.3 Å². The molecule has 0 atom stereocenters. The standard InChI is InChI=1S/C100H72N2O2Si2/c1-99(2)87-44-21-25-48-91(87)101(92-49-26-22-45-88(92)99)73-56-60-95-83(65-73)86-68-82(59-63-98(86)104-95)106(78-39-17-7-18-40-78,79-41-19-8-20-42-79)80-43-29-30-70(64-80)69-52-54-72(55-53-69)100(71-31-9-3-10-32-71)89-46-23-27-50-93(89)102(94-51-28-24-47-90(94)100)74-57-61-96-84(66-74)85-67-81(58-62-97(85)103-96)105(75-33-11-4-12-34-75,76-35-13-5-14-36-76)77-37-15-6-16-38-77/h3-68H,1-2H3. The summed E-state index contributed by atoms with van der Waals surface area (Å²) in [6.07, 6.45) is 0. The number of rotatable bonds is 13. The third-order valence-corrected chi connectivity index (χ3v) is 32.7. The minimum Gasteiger partial charge on any atom is -0.456 e. The first-order valence-electron chi connectivity index (χ1n) is 36.8. The molecule has 0 saturated heterocycles. The van der Waals surface area contributed by atoms with Crippen molar-refractivity contribution in [2.75, 3.05) is 9.80 Å². The summed E-state index contributed by atoms with van der Waals surface area (Å²) in [4.78, 5) is 4.93. The van der Waals surface area contributed by atoms with Gasteiger partial charge in [-0.15, -0.1) is 0 Å². The van der Waals surface area contributed by atoms with Gasteiger partial charge in [0.15, 0.2) is 16.1 Å². The fourth-order valence-corrected chi connectivity index (χ4v) is 28.1. The summed E-state index contributed by atoms with van der Waals surface area (Å²) in [6.45, 7) is 4.69. The van der Waals surface area contributed by atoms with E-state index in [0.717, 1.165) is 77.8 Å². The van der Waals surface area contributed by atoms with Gasteiger partial charge in [-0.05, 0) is 159 Å². The van der Waals surface area contributed by atoms with Crippen molar-refractivity contribution in [2.24, 2.45) is 0 Å². The van der Waals surface area contributed by atoms with Gasteiger partial charge in [0.25, 0.3) is 0 Å². The van der Waals surface area contributed by atoms with Crippen molar-refractivity contribution in [3.63, 3.8) is 0 Å². The zero-order valence-electron chi connectivity index (χ0n) is 58.8. The van der Waals surface area contributed by atoms with Crippen molar-refractivity contribution >= 4 is 136 Å². The Balaban J connectivity index is 0.714. The summed E-state index contributed by atoms with van der Waals surface area (Å²) in [6, 6.07) is 150. The largest absolute Gasteiger partial charge is 0.456 e. The van der Waals surface area contributed by atoms with Crippen LogP contribution in [0.4, 0.5) is 34.1 Å². The van der Waals surface area contributed by atoms with Crippen LogP contribution in [0.1, 0.15) is 47.2 Å². The Labute approximate surface area is 619 Å². The highest BCUT2D eigenvalue weighted by Crippen LogP contribution is 2.58. The monoisotopic (exact) mass is 1390 g/mol. The molecule has 2 aliphatic rings. The van der Waals surface area contributed by atoms with Gasteiger partial charge in [-0.1, -0.05) is 341 Å². The number of benzene rings is 16. The van der Waals surface area contributed by atoms with Crippen LogP contribution in [0.2, 0.25) is 0 Å². The Kier molecular flexibility index (Phi) is 14.8. The summed E-state index contributed by atoms with van der Waals surface area (Å²) in [5.74, 6) is 0. The smallest absolute Gasteiger partial charge is 0.179 e. The first kappa shape index (κ1) is 62.9. The van der Waals surface area contributed by atoms with Crippen LogP contribution < -0.4 is 51.3 Å². The maximum atomic E-state index is 6.85. The van der Waals surface area contributed by atoms with Gasteiger partial charge in [0.05, 0.1) is 28.2 Å². The normalized spacial score (nSPS) is 13.7. The molecule has 0 N–H and O–H groups in total. The molecule has 0 saturated carbocycles. The maximum absolute atomic E-state index is 6.85. The second-order valence-corrected chi connectivity index (χ2v) is 36.6. The summed E-state index contributed by atoms with van der Waals surface area (Å²) in [7, 11) is -6.00. The first-order valence-corrected chi connectivity index (χ1v) is 40.8. The van der Waals surface area contributed by atoms with E-state index < -0.39 is 21.6 Å². The molecule has 20 rings (SSSR count). The lowest BCUT2D eigenvalue weighted by atomic mass is 9.62. The number of para-hydroxylation sites is 4. The van der Waals surface area contributed by atoms with Gasteiger partial charge in [0.2, 0.25) is 0 Å². The average molecular weight is 1390 g/mol.